The molecule has 0 aromatic heterocycles. The quantitative estimate of drug-likeness (QED) is 0.448. The van der Waals surface area contributed by atoms with Crippen molar-refractivity contribution < 1.29 is 14.3 Å². The van der Waals surface area contributed by atoms with E-state index in [-0.39, 0.29) is 5.70 Å². The van der Waals surface area contributed by atoms with Crippen LogP contribution in [-0.4, -0.2) is 11.9 Å². The molecule has 0 N–H and O–H groups in total. The molecule has 0 radical (unpaired) electrons. The Kier molecular flexibility index (Phi) is 5.25. The summed E-state index contributed by atoms with van der Waals surface area (Å²) in [6, 6.07) is 23.4. The second-order valence-corrected chi connectivity index (χ2v) is 6.96. The molecule has 4 rings (SSSR count). The molecule has 1 heterocycles. The smallest absolute Gasteiger partial charge is 0.363 e. The molecule has 4 heteroatoms. The van der Waals surface area contributed by atoms with Crippen molar-refractivity contribution in [3.63, 3.8) is 0 Å². The van der Waals surface area contributed by atoms with E-state index < -0.39 is 5.97 Å². The van der Waals surface area contributed by atoms with Gasteiger partial charge in [0.15, 0.2) is 5.70 Å². The van der Waals surface area contributed by atoms with Gasteiger partial charge < -0.3 is 9.47 Å². The normalized spacial score (nSPS) is 14.6. The van der Waals surface area contributed by atoms with Gasteiger partial charge in [0.25, 0.3) is 0 Å². The minimum atomic E-state index is -0.464. The summed E-state index contributed by atoms with van der Waals surface area (Å²) in [6.45, 7) is 4.52. The molecule has 0 spiro atoms. The predicted molar refractivity (Wildman–Crippen MR) is 114 cm³/mol. The third kappa shape index (κ3) is 4.27. The van der Waals surface area contributed by atoms with E-state index in [1.807, 2.05) is 73.7 Å². The third-order valence-electron chi connectivity index (χ3n) is 4.77. The van der Waals surface area contributed by atoms with E-state index in [9.17, 15) is 4.79 Å². The molecule has 0 unspecified atom stereocenters. The first-order chi connectivity index (χ1) is 14.1. The van der Waals surface area contributed by atoms with Crippen LogP contribution in [0.3, 0.4) is 0 Å². The second-order valence-electron chi connectivity index (χ2n) is 6.96. The summed E-state index contributed by atoms with van der Waals surface area (Å²) >= 11 is 0. The fraction of sp³-hybridized carbons (Fsp3) is 0.120. The van der Waals surface area contributed by atoms with Gasteiger partial charge in [0.2, 0.25) is 5.90 Å². The molecule has 3 aromatic rings. The number of aliphatic imine (C=N–C) groups is 1. The first-order valence-corrected chi connectivity index (χ1v) is 9.46. The molecule has 0 saturated carbocycles. The maximum absolute atomic E-state index is 12.3. The number of carbonyl (C=O) groups is 1. The lowest BCUT2D eigenvalue weighted by atomic mass is 10.1. The van der Waals surface area contributed by atoms with Gasteiger partial charge in [0.1, 0.15) is 12.4 Å². The summed E-state index contributed by atoms with van der Waals surface area (Å²) in [7, 11) is 0. The lowest BCUT2D eigenvalue weighted by Crippen LogP contribution is -2.05. The van der Waals surface area contributed by atoms with Crippen LogP contribution in [0.2, 0.25) is 0 Å². The van der Waals surface area contributed by atoms with Crippen molar-refractivity contribution >= 4 is 17.9 Å². The van der Waals surface area contributed by atoms with Gasteiger partial charge in [-0.05, 0) is 49.2 Å². The summed E-state index contributed by atoms with van der Waals surface area (Å²) < 4.78 is 11.4. The fourth-order valence-electron chi connectivity index (χ4n) is 3.03. The van der Waals surface area contributed by atoms with Crippen molar-refractivity contribution in [2.45, 2.75) is 20.5 Å². The number of ether oxygens (including phenoxy) is 2. The van der Waals surface area contributed by atoms with Gasteiger partial charge in [-0.1, -0.05) is 60.2 Å². The number of carbonyl (C=O) groups excluding carboxylic acids is 1. The summed E-state index contributed by atoms with van der Waals surface area (Å²) in [4.78, 5) is 16.7. The van der Waals surface area contributed by atoms with Crippen LogP contribution in [0.25, 0.3) is 6.08 Å². The van der Waals surface area contributed by atoms with Gasteiger partial charge in [-0.25, -0.2) is 9.79 Å². The van der Waals surface area contributed by atoms with E-state index in [0.29, 0.717) is 18.3 Å². The number of hydrogen-bond acceptors (Lipinski definition) is 4. The highest BCUT2D eigenvalue weighted by Crippen LogP contribution is 2.26. The van der Waals surface area contributed by atoms with Crippen LogP contribution < -0.4 is 4.74 Å². The van der Waals surface area contributed by atoms with Crippen LogP contribution in [0.15, 0.2) is 83.5 Å². The average molecular weight is 383 g/mol. The van der Waals surface area contributed by atoms with Crippen molar-refractivity contribution in [3.8, 4) is 5.75 Å². The summed E-state index contributed by atoms with van der Waals surface area (Å²) in [5.41, 5.74) is 5.24. The van der Waals surface area contributed by atoms with Crippen molar-refractivity contribution in [2.75, 3.05) is 0 Å². The number of nitrogens with zero attached hydrogens (tertiary/aromatic N) is 1. The van der Waals surface area contributed by atoms with Gasteiger partial charge in [0, 0.05) is 11.1 Å². The zero-order valence-electron chi connectivity index (χ0n) is 16.4. The Balaban J connectivity index is 1.58. The van der Waals surface area contributed by atoms with Crippen molar-refractivity contribution in [1.82, 2.24) is 0 Å². The molecular formula is C25H21NO3. The fourth-order valence-corrected chi connectivity index (χ4v) is 3.03. The van der Waals surface area contributed by atoms with Gasteiger partial charge in [0.05, 0.1) is 0 Å². The molecule has 4 nitrogen and oxygen atoms in total. The van der Waals surface area contributed by atoms with Crippen LogP contribution in [0, 0.1) is 13.8 Å². The van der Waals surface area contributed by atoms with Crippen molar-refractivity contribution in [2.24, 2.45) is 4.99 Å². The largest absolute Gasteiger partial charge is 0.488 e. The highest BCUT2D eigenvalue weighted by Gasteiger charge is 2.24. The van der Waals surface area contributed by atoms with E-state index >= 15 is 0 Å². The zero-order chi connectivity index (χ0) is 20.2. The first kappa shape index (κ1) is 18.7. The number of hydrogen-bond donors (Lipinski definition) is 0. The Morgan fingerprint density at radius 1 is 0.931 bits per heavy atom. The highest BCUT2D eigenvalue weighted by atomic mass is 16.6. The maximum Gasteiger partial charge on any atom is 0.363 e. The molecule has 0 saturated heterocycles. The molecule has 29 heavy (non-hydrogen) atoms. The molecule has 0 amide bonds. The van der Waals surface area contributed by atoms with E-state index in [4.69, 9.17) is 9.47 Å². The molecule has 0 bridgehead atoms. The number of rotatable bonds is 5. The summed E-state index contributed by atoms with van der Waals surface area (Å²) in [5.74, 6) is 0.545. The lowest BCUT2D eigenvalue weighted by Gasteiger charge is -2.11. The van der Waals surface area contributed by atoms with Crippen LogP contribution in [0.5, 0.6) is 5.75 Å². The van der Waals surface area contributed by atoms with E-state index in [2.05, 4.69) is 18.0 Å². The molecule has 144 valence electrons. The number of aryl methyl sites for hydroxylation is 2. The van der Waals surface area contributed by atoms with Crippen molar-refractivity contribution in [3.05, 3.63) is 106 Å². The van der Waals surface area contributed by atoms with Crippen LogP contribution in [0.1, 0.15) is 27.8 Å². The molecule has 1 aliphatic rings. The average Bonchev–Trinajstić information content (AvgIpc) is 3.09. The van der Waals surface area contributed by atoms with Crippen LogP contribution in [-0.2, 0) is 16.1 Å². The molecular weight excluding hydrogens is 362 g/mol. The standard InChI is InChI=1S/C25H21NO3/c1-17-11-13-19(14-12-17)24-26-22(25(27)29-24)15-20-8-5-6-10-23(20)28-16-21-9-4-3-7-18(21)2/h3-15H,16H2,1-2H3/b22-15-. The minimum absolute atomic E-state index is 0.257. The Morgan fingerprint density at radius 2 is 1.66 bits per heavy atom. The lowest BCUT2D eigenvalue weighted by molar-refractivity contribution is -0.129. The SMILES string of the molecule is Cc1ccc(C2=N/C(=C\c3ccccc3OCc3ccccc3C)C(=O)O2)cc1. The Morgan fingerprint density at radius 3 is 2.45 bits per heavy atom. The van der Waals surface area contributed by atoms with E-state index in [1.54, 1.807) is 6.08 Å². The molecule has 1 aliphatic heterocycles. The van der Waals surface area contributed by atoms with Crippen LogP contribution >= 0.6 is 0 Å². The second kappa shape index (κ2) is 8.15. The van der Waals surface area contributed by atoms with Crippen molar-refractivity contribution in [1.29, 1.82) is 0 Å². The number of esters is 1. The zero-order valence-corrected chi connectivity index (χ0v) is 16.4. The summed E-state index contributed by atoms with van der Waals surface area (Å²) in [5, 5.41) is 0. The first-order valence-electron chi connectivity index (χ1n) is 9.46. The van der Waals surface area contributed by atoms with Gasteiger partial charge in [-0.3, -0.25) is 0 Å². The molecule has 0 atom stereocenters. The molecule has 3 aromatic carbocycles. The minimum Gasteiger partial charge on any atom is -0.488 e. The van der Waals surface area contributed by atoms with Gasteiger partial charge in [-0.15, -0.1) is 0 Å². The summed E-state index contributed by atoms with van der Waals surface area (Å²) in [6.07, 6.45) is 1.71. The van der Waals surface area contributed by atoms with E-state index in [1.165, 1.54) is 5.56 Å². The predicted octanol–water partition coefficient (Wildman–Crippen LogP) is 5.23. The number of para-hydroxylation sites is 1. The Hall–Kier alpha value is -3.66. The molecule has 0 fully saturated rings. The Labute approximate surface area is 170 Å². The van der Waals surface area contributed by atoms with Crippen LogP contribution in [0.4, 0.5) is 0 Å². The van der Waals surface area contributed by atoms with Gasteiger partial charge in [-0.2, -0.15) is 0 Å². The maximum atomic E-state index is 12.3. The monoisotopic (exact) mass is 383 g/mol. The van der Waals surface area contributed by atoms with Gasteiger partial charge >= 0.3 is 5.97 Å². The third-order valence-corrected chi connectivity index (χ3v) is 4.77. The topological polar surface area (TPSA) is 47.9 Å². The highest BCUT2D eigenvalue weighted by molar-refractivity contribution is 6.12. The van der Waals surface area contributed by atoms with E-state index in [0.717, 1.165) is 22.3 Å². The number of cyclic esters (lactones) is 1. The molecule has 0 aliphatic carbocycles. The number of benzene rings is 3. The Bertz CT molecular complexity index is 1110.